The number of hydrogen-bond donors (Lipinski definition) is 0. The number of benzene rings is 1. The lowest BCUT2D eigenvalue weighted by Crippen LogP contribution is -1.95. The Morgan fingerprint density at radius 2 is 1.88 bits per heavy atom. The topological polar surface area (TPSA) is 48.8 Å². The zero-order chi connectivity index (χ0) is 11.4. The second-order valence-electron chi connectivity index (χ2n) is 3.03. The molecule has 3 nitrogen and oxygen atoms in total. The van der Waals surface area contributed by atoms with Gasteiger partial charge in [-0.05, 0) is 23.2 Å². The third-order valence-electron chi connectivity index (χ3n) is 2.00. The minimum absolute atomic E-state index is 0.711. The van der Waals surface area contributed by atoms with Crippen molar-refractivity contribution >= 4 is 40.0 Å². The summed E-state index contributed by atoms with van der Waals surface area (Å²) in [4.78, 5) is 3.91. The molecule has 0 N–H and O–H groups in total. The summed E-state index contributed by atoms with van der Waals surface area (Å²) in [6, 6.07) is 7.59. The van der Waals surface area contributed by atoms with Crippen LogP contribution in [-0.4, -0.2) is 11.5 Å². The minimum atomic E-state index is 0.711. The Hall–Kier alpha value is -0.740. The Labute approximate surface area is 107 Å². The first-order valence-corrected chi connectivity index (χ1v) is 6.97. The molecule has 1 heterocycles. The minimum Gasteiger partial charge on any atom is -0.124 e. The van der Waals surface area contributed by atoms with Gasteiger partial charge in [0.25, 0.3) is 0 Å². The first-order chi connectivity index (χ1) is 7.81. The Kier molecular flexibility index (Phi) is 4.07. The van der Waals surface area contributed by atoms with E-state index >= 15 is 0 Å². The molecular formula is C10H8ClN3S2. The number of rotatable bonds is 2. The van der Waals surface area contributed by atoms with Crippen molar-refractivity contribution in [3.63, 3.8) is 0 Å². The zero-order valence-electron chi connectivity index (χ0n) is 8.26. The molecule has 0 atom stereocenters. The highest BCUT2D eigenvalue weighted by atomic mass is 35.5. The smallest absolute Gasteiger partial charge is 0.0848 e. The first kappa shape index (κ1) is 11.7. The van der Waals surface area contributed by atoms with E-state index in [0.717, 1.165) is 27.0 Å². The van der Waals surface area contributed by atoms with Gasteiger partial charge in [0, 0.05) is 26.3 Å². The molecular weight excluding hydrogens is 262 g/mol. The molecule has 0 amide bonds. The highest BCUT2D eigenvalue weighted by molar-refractivity contribution is 8.13. The van der Waals surface area contributed by atoms with E-state index in [9.17, 15) is 0 Å². The standard InChI is InChI=1S/C10H8ClN3S2/c11-8-3-1-7(2-4-8)9-10(13-14-12)16-6-5-15-9/h1-4H,5-6H2. The van der Waals surface area contributed by atoms with Crippen LogP contribution in [0.15, 0.2) is 34.4 Å². The van der Waals surface area contributed by atoms with Gasteiger partial charge in [0.15, 0.2) is 0 Å². The van der Waals surface area contributed by atoms with Gasteiger partial charge < -0.3 is 0 Å². The fourth-order valence-electron chi connectivity index (χ4n) is 1.33. The molecule has 0 fully saturated rings. The summed E-state index contributed by atoms with van der Waals surface area (Å²) in [5, 5.41) is 5.21. The van der Waals surface area contributed by atoms with Gasteiger partial charge in [-0.15, -0.1) is 23.5 Å². The molecule has 0 saturated carbocycles. The molecule has 82 valence electrons. The number of azide groups is 1. The van der Waals surface area contributed by atoms with E-state index in [0.29, 0.717) is 5.02 Å². The van der Waals surface area contributed by atoms with Crippen molar-refractivity contribution in [2.24, 2.45) is 5.11 Å². The van der Waals surface area contributed by atoms with Crippen molar-refractivity contribution in [2.45, 2.75) is 0 Å². The maximum atomic E-state index is 8.51. The first-order valence-electron chi connectivity index (χ1n) is 4.62. The van der Waals surface area contributed by atoms with E-state index < -0.39 is 0 Å². The van der Waals surface area contributed by atoms with Gasteiger partial charge in [-0.25, -0.2) is 0 Å². The normalized spacial score (nSPS) is 15.8. The van der Waals surface area contributed by atoms with Gasteiger partial charge in [-0.3, -0.25) is 0 Å². The molecule has 1 aromatic rings. The third kappa shape index (κ3) is 2.68. The predicted molar refractivity (Wildman–Crippen MR) is 72.4 cm³/mol. The predicted octanol–water partition coefficient (Wildman–Crippen LogP) is 4.76. The lowest BCUT2D eigenvalue weighted by atomic mass is 10.2. The Balaban J connectivity index is 2.42. The fraction of sp³-hybridized carbons (Fsp3) is 0.200. The SMILES string of the molecule is [N-]=[N+]=NC1=C(c2ccc(Cl)cc2)SCCS1. The van der Waals surface area contributed by atoms with Crippen molar-refractivity contribution in [1.29, 1.82) is 0 Å². The molecule has 1 aliphatic heterocycles. The Morgan fingerprint density at radius 3 is 2.56 bits per heavy atom. The van der Waals surface area contributed by atoms with Crippen LogP contribution >= 0.6 is 35.1 Å². The van der Waals surface area contributed by atoms with Gasteiger partial charge >= 0.3 is 0 Å². The summed E-state index contributed by atoms with van der Waals surface area (Å²) in [5.74, 6) is 2.02. The highest BCUT2D eigenvalue weighted by Gasteiger charge is 2.14. The third-order valence-corrected chi connectivity index (χ3v) is 4.74. The van der Waals surface area contributed by atoms with Crippen LogP contribution in [0, 0.1) is 0 Å². The van der Waals surface area contributed by atoms with Crippen molar-refractivity contribution in [1.82, 2.24) is 0 Å². The Morgan fingerprint density at radius 1 is 1.19 bits per heavy atom. The van der Waals surface area contributed by atoms with Gasteiger partial charge in [-0.1, -0.05) is 28.8 Å². The molecule has 0 unspecified atom stereocenters. The summed E-state index contributed by atoms with van der Waals surface area (Å²) < 4.78 is 0. The van der Waals surface area contributed by atoms with E-state index in [4.69, 9.17) is 17.1 Å². The average Bonchev–Trinajstić information content (AvgIpc) is 2.32. The van der Waals surface area contributed by atoms with E-state index in [1.165, 1.54) is 0 Å². The van der Waals surface area contributed by atoms with Crippen LogP contribution in [0.2, 0.25) is 5.02 Å². The van der Waals surface area contributed by atoms with Crippen LogP contribution in [0.4, 0.5) is 0 Å². The number of halogens is 1. The average molecular weight is 270 g/mol. The van der Waals surface area contributed by atoms with Crippen molar-refractivity contribution in [3.8, 4) is 0 Å². The molecule has 0 aromatic heterocycles. The quantitative estimate of drug-likeness (QED) is 0.442. The van der Waals surface area contributed by atoms with E-state index in [1.807, 2.05) is 24.3 Å². The van der Waals surface area contributed by atoms with E-state index in [-0.39, 0.29) is 0 Å². The molecule has 16 heavy (non-hydrogen) atoms. The van der Waals surface area contributed by atoms with Gasteiger partial charge in [0.2, 0.25) is 0 Å². The molecule has 0 saturated heterocycles. The lowest BCUT2D eigenvalue weighted by Gasteiger charge is -2.16. The highest BCUT2D eigenvalue weighted by Crippen LogP contribution is 2.41. The summed E-state index contributed by atoms with van der Waals surface area (Å²) in [7, 11) is 0. The van der Waals surface area contributed by atoms with Crippen LogP contribution in [0.3, 0.4) is 0 Å². The van der Waals surface area contributed by atoms with Crippen LogP contribution in [0.5, 0.6) is 0 Å². The molecule has 2 rings (SSSR count). The number of hydrogen-bond acceptors (Lipinski definition) is 3. The molecule has 0 aliphatic carbocycles. The van der Waals surface area contributed by atoms with Gasteiger partial charge in [-0.2, -0.15) is 0 Å². The molecule has 0 bridgehead atoms. The van der Waals surface area contributed by atoms with Gasteiger partial charge in [0.05, 0.1) is 5.03 Å². The monoisotopic (exact) mass is 269 g/mol. The van der Waals surface area contributed by atoms with Crippen molar-refractivity contribution < 1.29 is 0 Å². The second kappa shape index (κ2) is 5.55. The lowest BCUT2D eigenvalue weighted by molar-refractivity contribution is 1.44. The fourth-order valence-corrected chi connectivity index (χ4v) is 3.69. The summed E-state index contributed by atoms with van der Waals surface area (Å²) in [5.41, 5.74) is 9.57. The summed E-state index contributed by atoms with van der Waals surface area (Å²) in [6.07, 6.45) is 0. The van der Waals surface area contributed by atoms with Crippen molar-refractivity contribution in [2.75, 3.05) is 11.5 Å². The van der Waals surface area contributed by atoms with Crippen LogP contribution < -0.4 is 0 Å². The van der Waals surface area contributed by atoms with E-state index in [2.05, 4.69) is 10.0 Å². The Bertz CT molecular complexity index is 463. The molecule has 0 radical (unpaired) electrons. The maximum absolute atomic E-state index is 8.51. The molecule has 1 aliphatic rings. The second-order valence-corrected chi connectivity index (χ2v) is 5.65. The number of nitrogens with zero attached hydrogens (tertiary/aromatic N) is 3. The molecule has 0 spiro atoms. The largest absolute Gasteiger partial charge is 0.124 e. The summed E-state index contributed by atoms with van der Waals surface area (Å²) in [6.45, 7) is 0. The van der Waals surface area contributed by atoms with Gasteiger partial charge in [0.1, 0.15) is 0 Å². The molecule has 1 aromatic carbocycles. The number of thioether (sulfide) groups is 2. The van der Waals surface area contributed by atoms with Crippen LogP contribution in [0.25, 0.3) is 15.3 Å². The maximum Gasteiger partial charge on any atom is 0.0848 e. The summed E-state index contributed by atoms with van der Waals surface area (Å²) >= 11 is 9.16. The molecule has 6 heteroatoms. The van der Waals surface area contributed by atoms with Crippen molar-refractivity contribution in [3.05, 3.63) is 50.3 Å². The van der Waals surface area contributed by atoms with Crippen LogP contribution in [0.1, 0.15) is 5.56 Å². The van der Waals surface area contributed by atoms with E-state index in [1.54, 1.807) is 23.5 Å². The zero-order valence-corrected chi connectivity index (χ0v) is 10.6. The van der Waals surface area contributed by atoms with Crippen LogP contribution in [-0.2, 0) is 0 Å².